The normalized spacial score (nSPS) is 22.6. The van der Waals surface area contributed by atoms with E-state index >= 15 is 0 Å². The Morgan fingerprint density at radius 2 is 2.31 bits per heavy atom. The summed E-state index contributed by atoms with van der Waals surface area (Å²) in [7, 11) is 0. The monoisotopic (exact) mass is 226 g/mol. The Morgan fingerprint density at radius 3 is 2.88 bits per heavy atom. The van der Waals surface area contributed by atoms with Gasteiger partial charge in [-0.25, -0.2) is 0 Å². The number of carbonyl (C=O) groups excluding carboxylic acids is 1. The number of nitrogens with two attached hydrogens (primary N) is 1. The zero-order valence-corrected chi connectivity index (χ0v) is 9.26. The molecule has 2 atom stereocenters. The van der Waals surface area contributed by atoms with E-state index in [-0.39, 0.29) is 12.5 Å². The molecule has 1 amide bonds. The fourth-order valence-corrected chi connectivity index (χ4v) is 1.89. The van der Waals surface area contributed by atoms with Crippen molar-refractivity contribution in [2.75, 3.05) is 13.1 Å². The molecule has 0 radical (unpaired) electrons. The molecule has 16 heavy (non-hydrogen) atoms. The molecule has 0 aromatic carbocycles. The van der Waals surface area contributed by atoms with Gasteiger partial charge in [0.25, 0.3) is 0 Å². The van der Waals surface area contributed by atoms with Crippen LogP contribution in [0.25, 0.3) is 0 Å². The molecule has 0 aromatic rings. The maximum Gasteiger partial charge on any atom is 0.308 e. The van der Waals surface area contributed by atoms with E-state index < -0.39 is 17.9 Å². The predicted octanol–water partition coefficient (Wildman–Crippen LogP) is 0.213. The zero-order valence-electron chi connectivity index (χ0n) is 9.26. The van der Waals surface area contributed by atoms with E-state index in [9.17, 15) is 9.59 Å². The van der Waals surface area contributed by atoms with Crippen LogP contribution < -0.4 is 5.73 Å². The summed E-state index contributed by atoms with van der Waals surface area (Å²) in [5.74, 6) is -1.46. The summed E-state index contributed by atoms with van der Waals surface area (Å²) in [5.41, 5.74) is 5.67. The van der Waals surface area contributed by atoms with Gasteiger partial charge in [-0.15, -0.1) is 6.58 Å². The highest BCUT2D eigenvalue weighted by Crippen LogP contribution is 2.17. The largest absolute Gasteiger partial charge is 0.481 e. The van der Waals surface area contributed by atoms with Crippen molar-refractivity contribution in [2.45, 2.75) is 25.3 Å². The molecule has 5 heteroatoms. The number of piperidine rings is 1. The summed E-state index contributed by atoms with van der Waals surface area (Å²) < 4.78 is 0. The van der Waals surface area contributed by atoms with Gasteiger partial charge in [0.15, 0.2) is 0 Å². The number of carbonyl (C=O) groups is 2. The van der Waals surface area contributed by atoms with Crippen molar-refractivity contribution in [1.29, 1.82) is 0 Å². The van der Waals surface area contributed by atoms with Crippen molar-refractivity contribution in [1.82, 2.24) is 4.90 Å². The first-order valence-corrected chi connectivity index (χ1v) is 5.44. The summed E-state index contributed by atoms with van der Waals surface area (Å²) in [6.07, 6.45) is 3.38. The first kappa shape index (κ1) is 12.7. The van der Waals surface area contributed by atoms with E-state index in [0.29, 0.717) is 19.4 Å². The second kappa shape index (κ2) is 5.65. The molecule has 1 saturated heterocycles. The van der Waals surface area contributed by atoms with Crippen LogP contribution in [0.15, 0.2) is 12.7 Å². The minimum atomic E-state index is -0.838. The van der Waals surface area contributed by atoms with Crippen molar-refractivity contribution in [3.63, 3.8) is 0 Å². The summed E-state index contributed by atoms with van der Waals surface area (Å²) in [4.78, 5) is 24.2. The van der Waals surface area contributed by atoms with E-state index in [1.165, 1.54) is 0 Å². The quantitative estimate of drug-likeness (QED) is 0.671. The van der Waals surface area contributed by atoms with Crippen molar-refractivity contribution < 1.29 is 14.7 Å². The fraction of sp³-hybridized carbons (Fsp3) is 0.636. The van der Waals surface area contributed by atoms with Crippen molar-refractivity contribution in [3.8, 4) is 0 Å². The van der Waals surface area contributed by atoms with Crippen LogP contribution in [-0.2, 0) is 9.59 Å². The first-order chi connectivity index (χ1) is 7.56. The molecule has 0 aromatic heterocycles. The Labute approximate surface area is 94.9 Å². The lowest BCUT2D eigenvalue weighted by atomic mass is 9.97. The third-order valence-electron chi connectivity index (χ3n) is 2.82. The maximum absolute atomic E-state index is 11.8. The van der Waals surface area contributed by atoms with Crippen molar-refractivity contribution in [3.05, 3.63) is 12.7 Å². The minimum Gasteiger partial charge on any atom is -0.481 e. The average Bonchev–Trinajstić information content (AvgIpc) is 2.28. The van der Waals surface area contributed by atoms with Crippen LogP contribution in [0.4, 0.5) is 0 Å². The number of rotatable bonds is 4. The Morgan fingerprint density at radius 1 is 1.62 bits per heavy atom. The topological polar surface area (TPSA) is 83.6 Å². The number of amides is 1. The SMILES string of the molecule is C=CCC(N)C(=O)N1CCC[C@@H](C(=O)O)C1. The second-order valence-electron chi connectivity index (χ2n) is 4.09. The highest BCUT2D eigenvalue weighted by Gasteiger charge is 2.29. The van der Waals surface area contributed by atoms with Crippen LogP contribution in [0.5, 0.6) is 0 Å². The van der Waals surface area contributed by atoms with Gasteiger partial charge in [-0.3, -0.25) is 9.59 Å². The summed E-state index contributed by atoms with van der Waals surface area (Å²) >= 11 is 0. The highest BCUT2D eigenvalue weighted by atomic mass is 16.4. The summed E-state index contributed by atoms with van der Waals surface area (Å²) in [6, 6.07) is -0.593. The molecule has 1 rings (SSSR count). The number of carboxylic acids is 1. The van der Waals surface area contributed by atoms with Gasteiger partial charge in [-0.1, -0.05) is 6.08 Å². The zero-order chi connectivity index (χ0) is 12.1. The Kier molecular flexibility index (Phi) is 4.49. The lowest BCUT2D eigenvalue weighted by molar-refractivity contribution is -0.146. The molecule has 5 nitrogen and oxygen atoms in total. The molecule has 1 fully saturated rings. The van der Waals surface area contributed by atoms with Crippen LogP contribution in [0, 0.1) is 5.92 Å². The van der Waals surface area contributed by atoms with Gasteiger partial charge in [-0.05, 0) is 19.3 Å². The van der Waals surface area contributed by atoms with Gasteiger partial charge in [0.2, 0.25) is 5.91 Å². The highest BCUT2D eigenvalue weighted by molar-refractivity contribution is 5.82. The molecule has 1 aliphatic rings. The number of hydrogen-bond donors (Lipinski definition) is 2. The summed E-state index contributed by atoms with van der Waals surface area (Å²) in [5, 5.41) is 8.89. The number of aliphatic carboxylic acids is 1. The van der Waals surface area contributed by atoms with Gasteiger partial charge in [0.05, 0.1) is 12.0 Å². The van der Waals surface area contributed by atoms with Crippen LogP contribution in [0.2, 0.25) is 0 Å². The molecule has 0 aliphatic carbocycles. The molecule has 1 unspecified atom stereocenters. The van der Waals surface area contributed by atoms with E-state index in [1.54, 1.807) is 11.0 Å². The maximum atomic E-state index is 11.8. The van der Waals surface area contributed by atoms with Gasteiger partial charge in [-0.2, -0.15) is 0 Å². The number of hydrogen-bond acceptors (Lipinski definition) is 3. The van der Waals surface area contributed by atoms with E-state index in [4.69, 9.17) is 10.8 Å². The Hall–Kier alpha value is -1.36. The minimum absolute atomic E-state index is 0.175. The number of likely N-dealkylation sites (tertiary alicyclic amines) is 1. The van der Waals surface area contributed by atoms with Crippen molar-refractivity contribution in [2.24, 2.45) is 11.7 Å². The lowest BCUT2D eigenvalue weighted by Crippen LogP contribution is -2.49. The average molecular weight is 226 g/mol. The fourth-order valence-electron chi connectivity index (χ4n) is 1.89. The third-order valence-corrected chi connectivity index (χ3v) is 2.82. The second-order valence-corrected chi connectivity index (χ2v) is 4.09. The van der Waals surface area contributed by atoms with Gasteiger partial charge >= 0.3 is 5.97 Å². The van der Waals surface area contributed by atoms with Crippen LogP contribution >= 0.6 is 0 Å². The number of carboxylic acid groups (broad SMARTS) is 1. The number of nitrogens with zero attached hydrogens (tertiary/aromatic N) is 1. The molecule has 0 bridgehead atoms. The Balaban J connectivity index is 2.56. The molecule has 3 N–H and O–H groups in total. The van der Waals surface area contributed by atoms with Crippen molar-refractivity contribution >= 4 is 11.9 Å². The molecule has 0 saturated carbocycles. The molecular weight excluding hydrogens is 208 g/mol. The van der Waals surface area contributed by atoms with E-state index in [0.717, 1.165) is 6.42 Å². The van der Waals surface area contributed by atoms with E-state index in [1.807, 2.05) is 0 Å². The smallest absolute Gasteiger partial charge is 0.308 e. The summed E-state index contributed by atoms with van der Waals surface area (Å²) in [6.45, 7) is 4.41. The molecule has 0 spiro atoms. The standard InChI is InChI=1S/C11H18N2O3/c1-2-4-9(12)10(14)13-6-3-5-8(7-13)11(15)16/h2,8-9H,1,3-7,12H2,(H,15,16)/t8-,9?/m1/s1. The van der Waals surface area contributed by atoms with Crippen LogP contribution in [0.3, 0.4) is 0 Å². The van der Waals surface area contributed by atoms with Crippen LogP contribution in [0.1, 0.15) is 19.3 Å². The third kappa shape index (κ3) is 3.06. The molecular formula is C11H18N2O3. The Bertz CT molecular complexity index is 291. The lowest BCUT2D eigenvalue weighted by Gasteiger charge is -2.32. The first-order valence-electron chi connectivity index (χ1n) is 5.44. The predicted molar refractivity (Wildman–Crippen MR) is 59.7 cm³/mol. The van der Waals surface area contributed by atoms with Gasteiger partial charge in [0, 0.05) is 13.1 Å². The molecule has 90 valence electrons. The molecule has 1 aliphatic heterocycles. The van der Waals surface area contributed by atoms with E-state index in [2.05, 4.69) is 6.58 Å². The molecule has 1 heterocycles. The van der Waals surface area contributed by atoms with Gasteiger partial charge < -0.3 is 15.7 Å². The van der Waals surface area contributed by atoms with Gasteiger partial charge in [0.1, 0.15) is 0 Å². The van der Waals surface area contributed by atoms with Crippen LogP contribution in [-0.4, -0.2) is 41.0 Å².